The Morgan fingerprint density at radius 3 is 2.39 bits per heavy atom. The van der Waals surface area contributed by atoms with Crippen molar-refractivity contribution < 1.29 is 0 Å². The maximum absolute atomic E-state index is 5.96. The van der Waals surface area contributed by atoms with Gasteiger partial charge in [-0.1, -0.05) is 35.3 Å². The Morgan fingerprint density at radius 2 is 1.72 bits per heavy atom. The van der Waals surface area contributed by atoms with Gasteiger partial charge in [0.1, 0.15) is 0 Å². The number of hydrogen-bond acceptors (Lipinski definition) is 3. The zero-order chi connectivity index (χ0) is 13.1. The molecule has 2 rings (SSSR count). The smallest absolute Gasteiger partial charge is 0.0993 e. The Kier molecular flexibility index (Phi) is 3.75. The number of benzene rings is 2. The minimum absolute atomic E-state index is 0.553. The van der Waals surface area contributed by atoms with Crippen LogP contribution in [0.25, 0.3) is 0 Å². The van der Waals surface area contributed by atoms with Gasteiger partial charge in [0.25, 0.3) is 0 Å². The second kappa shape index (κ2) is 5.29. The van der Waals surface area contributed by atoms with Gasteiger partial charge < -0.3 is 11.6 Å². The number of nitrogens with zero attached hydrogens (tertiary/aromatic N) is 1. The molecule has 2 aromatic carbocycles. The SMILES string of the molecule is NN=C(c1cccc(Cl)c1)c1cc(Cl)ccc1N. The van der Waals surface area contributed by atoms with Gasteiger partial charge in [0.15, 0.2) is 0 Å². The summed E-state index contributed by atoms with van der Waals surface area (Å²) in [4.78, 5) is 0. The molecule has 3 nitrogen and oxygen atoms in total. The van der Waals surface area contributed by atoms with E-state index in [9.17, 15) is 0 Å². The zero-order valence-electron chi connectivity index (χ0n) is 9.40. The van der Waals surface area contributed by atoms with Crippen LogP contribution in [0.5, 0.6) is 0 Å². The first-order valence-electron chi connectivity index (χ1n) is 5.21. The first-order chi connectivity index (χ1) is 8.61. The van der Waals surface area contributed by atoms with E-state index in [-0.39, 0.29) is 0 Å². The summed E-state index contributed by atoms with van der Waals surface area (Å²) in [5.41, 5.74) is 8.50. The molecule has 0 saturated carbocycles. The lowest BCUT2D eigenvalue weighted by Gasteiger charge is -2.09. The lowest BCUT2D eigenvalue weighted by molar-refractivity contribution is 1.24. The van der Waals surface area contributed by atoms with E-state index in [0.717, 1.165) is 5.56 Å². The summed E-state index contributed by atoms with van der Waals surface area (Å²) in [6, 6.07) is 12.4. The highest BCUT2D eigenvalue weighted by Gasteiger charge is 2.11. The van der Waals surface area contributed by atoms with E-state index in [1.54, 1.807) is 30.3 Å². The Balaban J connectivity index is 2.56. The first-order valence-corrected chi connectivity index (χ1v) is 5.96. The lowest BCUT2D eigenvalue weighted by atomic mass is 10.0. The van der Waals surface area contributed by atoms with E-state index in [1.807, 2.05) is 12.1 Å². The van der Waals surface area contributed by atoms with Crippen LogP contribution in [0.1, 0.15) is 11.1 Å². The number of hydrazone groups is 1. The normalized spacial score (nSPS) is 11.6. The molecule has 18 heavy (non-hydrogen) atoms. The fourth-order valence-electron chi connectivity index (χ4n) is 1.67. The molecule has 0 aliphatic carbocycles. The lowest BCUT2D eigenvalue weighted by Crippen LogP contribution is -2.09. The van der Waals surface area contributed by atoms with Crippen LogP contribution in [0.4, 0.5) is 5.69 Å². The van der Waals surface area contributed by atoms with Crippen LogP contribution in [0.3, 0.4) is 0 Å². The number of halogens is 2. The molecule has 0 aliphatic rings. The topological polar surface area (TPSA) is 64.4 Å². The van der Waals surface area contributed by atoms with Crippen molar-refractivity contribution in [1.29, 1.82) is 0 Å². The molecule has 92 valence electrons. The molecular weight excluding hydrogens is 269 g/mol. The van der Waals surface area contributed by atoms with Crippen LogP contribution in [-0.4, -0.2) is 5.71 Å². The van der Waals surface area contributed by atoms with Crippen molar-refractivity contribution in [2.24, 2.45) is 10.9 Å². The van der Waals surface area contributed by atoms with Crippen molar-refractivity contribution in [3.8, 4) is 0 Å². The molecule has 0 amide bonds. The number of hydrogen-bond donors (Lipinski definition) is 2. The van der Waals surface area contributed by atoms with Gasteiger partial charge in [-0.2, -0.15) is 5.10 Å². The van der Waals surface area contributed by atoms with Gasteiger partial charge in [-0.3, -0.25) is 0 Å². The van der Waals surface area contributed by atoms with Gasteiger partial charge in [0, 0.05) is 26.9 Å². The van der Waals surface area contributed by atoms with Gasteiger partial charge in [-0.25, -0.2) is 0 Å². The van der Waals surface area contributed by atoms with Crippen LogP contribution < -0.4 is 11.6 Å². The van der Waals surface area contributed by atoms with Crippen molar-refractivity contribution in [1.82, 2.24) is 0 Å². The molecule has 0 atom stereocenters. The number of nitrogen functional groups attached to an aromatic ring is 1. The molecule has 5 heteroatoms. The van der Waals surface area contributed by atoms with E-state index >= 15 is 0 Å². The summed E-state index contributed by atoms with van der Waals surface area (Å²) in [6.45, 7) is 0. The summed E-state index contributed by atoms with van der Waals surface area (Å²) >= 11 is 11.9. The molecule has 0 bridgehead atoms. The fourth-order valence-corrected chi connectivity index (χ4v) is 2.03. The van der Waals surface area contributed by atoms with Gasteiger partial charge >= 0.3 is 0 Å². The van der Waals surface area contributed by atoms with E-state index in [2.05, 4.69) is 5.10 Å². The van der Waals surface area contributed by atoms with Crippen LogP contribution in [0, 0.1) is 0 Å². The summed E-state index contributed by atoms with van der Waals surface area (Å²) < 4.78 is 0. The molecule has 0 fully saturated rings. The Hall–Kier alpha value is -1.71. The molecule has 0 aromatic heterocycles. The van der Waals surface area contributed by atoms with Crippen molar-refractivity contribution in [3.05, 3.63) is 63.6 Å². The predicted molar refractivity (Wildman–Crippen MR) is 77.1 cm³/mol. The number of nitrogens with two attached hydrogens (primary N) is 2. The van der Waals surface area contributed by atoms with Gasteiger partial charge in [0.2, 0.25) is 0 Å². The van der Waals surface area contributed by atoms with Gasteiger partial charge in [-0.05, 0) is 30.3 Å². The van der Waals surface area contributed by atoms with Crippen molar-refractivity contribution in [3.63, 3.8) is 0 Å². The third kappa shape index (κ3) is 2.58. The van der Waals surface area contributed by atoms with Crippen molar-refractivity contribution >= 4 is 34.6 Å². The van der Waals surface area contributed by atoms with Crippen molar-refractivity contribution in [2.75, 3.05) is 5.73 Å². The molecule has 0 unspecified atom stereocenters. The summed E-state index contributed by atoms with van der Waals surface area (Å²) in [5.74, 6) is 5.45. The molecule has 0 heterocycles. The van der Waals surface area contributed by atoms with Crippen molar-refractivity contribution in [2.45, 2.75) is 0 Å². The van der Waals surface area contributed by atoms with E-state index in [4.69, 9.17) is 34.8 Å². The largest absolute Gasteiger partial charge is 0.398 e. The van der Waals surface area contributed by atoms with Crippen LogP contribution in [0.2, 0.25) is 10.0 Å². The summed E-state index contributed by atoms with van der Waals surface area (Å²) in [7, 11) is 0. The number of anilines is 1. The molecule has 0 spiro atoms. The maximum atomic E-state index is 5.96. The molecular formula is C13H11Cl2N3. The molecule has 0 radical (unpaired) electrons. The zero-order valence-corrected chi connectivity index (χ0v) is 10.9. The predicted octanol–water partition coefficient (Wildman–Crippen LogP) is 3.29. The summed E-state index contributed by atoms with van der Waals surface area (Å²) in [6.07, 6.45) is 0. The van der Waals surface area contributed by atoms with Crippen LogP contribution in [-0.2, 0) is 0 Å². The maximum Gasteiger partial charge on any atom is 0.0993 e. The first kappa shape index (κ1) is 12.7. The van der Waals surface area contributed by atoms with E-state index in [0.29, 0.717) is 27.0 Å². The van der Waals surface area contributed by atoms with Crippen LogP contribution >= 0.6 is 23.2 Å². The molecule has 0 aliphatic heterocycles. The second-order valence-electron chi connectivity index (χ2n) is 3.72. The Morgan fingerprint density at radius 1 is 1.00 bits per heavy atom. The van der Waals surface area contributed by atoms with Gasteiger partial charge in [-0.15, -0.1) is 0 Å². The highest BCUT2D eigenvalue weighted by atomic mass is 35.5. The Bertz CT molecular complexity index is 609. The monoisotopic (exact) mass is 279 g/mol. The average Bonchev–Trinajstić information content (AvgIpc) is 2.35. The van der Waals surface area contributed by atoms with E-state index < -0.39 is 0 Å². The third-order valence-electron chi connectivity index (χ3n) is 2.50. The Labute approximate surface area is 115 Å². The third-order valence-corrected chi connectivity index (χ3v) is 2.97. The van der Waals surface area contributed by atoms with Gasteiger partial charge in [0.05, 0.1) is 5.71 Å². The second-order valence-corrected chi connectivity index (χ2v) is 4.59. The van der Waals surface area contributed by atoms with E-state index in [1.165, 1.54) is 0 Å². The highest BCUT2D eigenvalue weighted by molar-refractivity contribution is 6.32. The highest BCUT2D eigenvalue weighted by Crippen LogP contribution is 2.22. The standard InChI is InChI=1S/C13H11Cl2N3/c14-9-3-1-2-8(6-9)13(18-17)11-7-10(15)4-5-12(11)16/h1-7H,16-17H2. The average molecular weight is 280 g/mol. The molecule has 4 N–H and O–H groups in total. The van der Waals surface area contributed by atoms with Crippen LogP contribution in [0.15, 0.2) is 47.6 Å². The molecule has 2 aromatic rings. The fraction of sp³-hybridized carbons (Fsp3) is 0. The number of rotatable bonds is 2. The summed E-state index contributed by atoms with van der Waals surface area (Å²) in [5, 5.41) is 4.97. The minimum Gasteiger partial charge on any atom is -0.398 e. The quantitative estimate of drug-likeness (QED) is 0.384. The molecule has 0 saturated heterocycles. The minimum atomic E-state index is 0.553.